The number of ether oxygens (including phenoxy) is 2. The highest BCUT2D eigenvalue weighted by molar-refractivity contribution is 7.88. The molecule has 0 unspecified atom stereocenters. The second kappa shape index (κ2) is 8.08. The van der Waals surface area contributed by atoms with E-state index >= 15 is 0 Å². The van der Waals surface area contributed by atoms with Gasteiger partial charge in [0.25, 0.3) is 0 Å². The van der Waals surface area contributed by atoms with E-state index in [1.54, 1.807) is 32.9 Å². The first kappa shape index (κ1) is 22.8. The molecule has 6 nitrogen and oxygen atoms in total. The van der Waals surface area contributed by atoms with Gasteiger partial charge in [-0.1, -0.05) is 6.92 Å². The minimum atomic E-state index is -4.25. The molecule has 1 aliphatic heterocycles. The van der Waals surface area contributed by atoms with Gasteiger partial charge in [-0.2, -0.15) is 17.5 Å². The summed E-state index contributed by atoms with van der Waals surface area (Å²) in [7, 11) is -3.64. The van der Waals surface area contributed by atoms with E-state index in [-0.39, 0.29) is 25.3 Å². The zero-order valence-electron chi connectivity index (χ0n) is 16.3. The van der Waals surface area contributed by atoms with Crippen LogP contribution in [0.25, 0.3) is 0 Å². The van der Waals surface area contributed by atoms with Crippen molar-refractivity contribution in [3.8, 4) is 11.5 Å². The molecule has 1 heterocycles. The van der Waals surface area contributed by atoms with Crippen LogP contribution in [0.4, 0.5) is 13.2 Å². The molecule has 0 saturated heterocycles. The van der Waals surface area contributed by atoms with Crippen LogP contribution < -0.4 is 9.47 Å². The molecule has 28 heavy (non-hydrogen) atoms. The Morgan fingerprint density at radius 3 is 2.50 bits per heavy atom. The molecule has 1 aromatic carbocycles. The van der Waals surface area contributed by atoms with Gasteiger partial charge >= 0.3 is 6.18 Å². The zero-order chi connectivity index (χ0) is 21.3. The maximum atomic E-state index is 12.3. The highest BCUT2D eigenvalue weighted by Crippen LogP contribution is 2.44. The van der Waals surface area contributed by atoms with E-state index in [9.17, 15) is 26.7 Å². The quantitative estimate of drug-likeness (QED) is 0.679. The second-order valence-corrected chi connectivity index (χ2v) is 9.26. The summed E-state index contributed by atoms with van der Waals surface area (Å²) in [5, 5.41) is 10.8. The SMILES string of the molecule is CCN([C@@H]1c2cc(OCCCC(F)(F)F)ccc2OC(C)(C)[C@H]1O)S(C)(=O)=O. The molecule has 1 aliphatic rings. The maximum absolute atomic E-state index is 12.3. The van der Waals surface area contributed by atoms with Crippen molar-refractivity contribution in [2.24, 2.45) is 0 Å². The third-order valence-electron chi connectivity index (χ3n) is 4.61. The van der Waals surface area contributed by atoms with Gasteiger partial charge in [0.15, 0.2) is 0 Å². The number of fused-ring (bicyclic) bond motifs is 1. The Morgan fingerprint density at radius 2 is 1.96 bits per heavy atom. The number of likely N-dealkylation sites (N-methyl/N-ethyl adjacent to an activating group) is 1. The van der Waals surface area contributed by atoms with Crippen molar-refractivity contribution >= 4 is 10.0 Å². The van der Waals surface area contributed by atoms with E-state index in [1.807, 2.05) is 0 Å². The van der Waals surface area contributed by atoms with Crippen LogP contribution >= 0.6 is 0 Å². The first-order valence-corrected chi connectivity index (χ1v) is 10.8. The molecule has 2 rings (SSSR count). The van der Waals surface area contributed by atoms with Gasteiger partial charge in [-0.15, -0.1) is 0 Å². The summed E-state index contributed by atoms with van der Waals surface area (Å²) in [4.78, 5) is 0. The van der Waals surface area contributed by atoms with Gasteiger partial charge in [-0.25, -0.2) is 8.42 Å². The zero-order valence-corrected chi connectivity index (χ0v) is 17.1. The summed E-state index contributed by atoms with van der Waals surface area (Å²) >= 11 is 0. The third-order valence-corrected chi connectivity index (χ3v) is 5.94. The van der Waals surface area contributed by atoms with Crippen LogP contribution in [-0.2, 0) is 10.0 Å². The fourth-order valence-corrected chi connectivity index (χ4v) is 4.36. The first-order valence-electron chi connectivity index (χ1n) is 8.93. The summed E-state index contributed by atoms with van der Waals surface area (Å²) in [5.74, 6) is 0.677. The highest BCUT2D eigenvalue weighted by atomic mass is 32.2. The molecular formula is C18H26F3NO5S. The fraction of sp³-hybridized carbons (Fsp3) is 0.667. The highest BCUT2D eigenvalue weighted by Gasteiger charge is 2.47. The summed E-state index contributed by atoms with van der Waals surface area (Å²) < 4.78 is 73.7. The largest absolute Gasteiger partial charge is 0.494 e. The van der Waals surface area contributed by atoms with Crippen LogP contribution in [0, 0.1) is 0 Å². The predicted molar refractivity (Wildman–Crippen MR) is 97.9 cm³/mol. The molecule has 1 aromatic rings. The topological polar surface area (TPSA) is 76.1 Å². The Morgan fingerprint density at radius 1 is 1.32 bits per heavy atom. The average Bonchev–Trinajstić information content (AvgIpc) is 2.54. The summed E-state index contributed by atoms with van der Waals surface area (Å²) in [5.41, 5.74) is -0.627. The van der Waals surface area contributed by atoms with Gasteiger partial charge < -0.3 is 14.6 Å². The molecule has 0 spiro atoms. The van der Waals surface area contributed by atoms with Gasteiger partial charge in [0, 0.05) is 18.5 Å². The normalized spacial score (nSPS) is 21.9. The molecule has 0 saturated carbocycles. The van der Waals surface area contributed by atoms with Gasteiger partial charge in [0.1, 0.15) is 23.2 Å². The predicted octanol–water partition coefficient (Wildman–Crippen LogP) is 3.26. The van der Waals surface area contributed by atoms with Crippen molar-refractivity contribution in [1.82, 2.24) is 4.31 Å². The van der Waals surface area contributed by atoms with Crippen LogP contribution in [0.5, 0.6) is 11.5 Å². The molecule has 0 amide bonds. The Bertz CT molecular complexity index is 795. The van der Waals surface area contributed by atoms with Gasteiger partial charge in [0.05, 0.1) is 18.9 Å². The molecular weight excluding hydrogens is 399 g/mol. The number of alkyl halides is 3. The Hall–Kier alpha value is -1.52. The molecule has 0 fully saturated rings. The Balaban J connectivity index is 2.33. The Labute approximate surface area is 163 Å². The number of halogens is 3. The molecule has 10 heteroatoms. The van der Waals surface area contributed by atoms with E-state index in [2.05, 4.69) is 0 Å². The van der Waals surface area contributed by atoms with Crippen molar-refractivity contribution in [2.75, 3.05) is 19.4 Å². The first-order chi connectivity index (χ1) is 12.8. The van der Waals surface area contributed by atoms with Crippen molar-refractivity contribution in [2.45, 2.75) is 57.5 Å². The summed E-state index contributed by atoms with van der Waals surface area (Å²) in [6.45, 7) is 4.97. The minimum absolute atomic E-state index is 0.132. The number of nitrogens with zero attached hydrogens (tertiary/aromatic N) is 1. The lowest BCUT2D eigenvalue weighted by Crippen LogP contribution is -2.54. The van der Waals surface area contributed by atoms with Crippen molar-refractivity contribution < 1.29 is 36.2 Å². The maximum Gasteiger partial charge on any atom is 0.389 e. The number of sulfonamides is 1. The number of aliphatic hydroxyl groups is 1. The molecule has 0 aromatic heterocycles. The van der Waals surface area contributed by atoms with E-state index in [0.717, 1.165) is 6.26 Å². The lowest BCUT2D eigenvalue weighted by Gasteiger charge is -2.45. The molecule has 2 atom stereocenters. The minimum Gasteiger partial charge on any atom is -0.494 e. The van der Waals surface area contributed by atoms with Crippen LogP contribution in [-0.4, -0.2) is 55.1 Å². The third kappa shape index (κ3) is 5.30. The van der Waals surface area contributed by atoms with Crippen LogP contribution in [0.1, 0.15) is 45.2 Å². The van der Waals surface area contributed by atoms with E-state index in [1.165, 1.54) is 10.4 Å². The standard InChI is InChI=1S/C18H26F3NO5S/c1-5-22(28(4,24)25)15-13-11-12(26-10-6-9-18(19,20)21)7-8-14(13)27-17(2,3)16(15)23/h7-8,11,15-16,23H,5-6,9-10H2,1-4H3/t15-,16+/m1/s1. The van der Waals surface area contributed by atoms with Gasteiger partial charge in [-0.05, 0) is 38.5 Å². The number of hydrogen-bond acceptors (Lipinski definition) is 5. The Kier molecular flexibility index (Phi) is 6.57. The molecule has 160 valence electrons. The van der Waals surface area contributed by atoms with Gasteiger partial charge in [0.2, 0.25) is 10.0 Å². The molecule has 1 N–H and O–H groups in total. The summed E-state index contributed by atoms with van der Waals surface area (Å²) in [6, 6.07) is 3.73. The number of rotatable bonds is 7. The van der Waals surface area contributed by atoms with Crippen LogP contribution in [0.15, 0.2) is 18.2 Å². The lowest BCUT2D eigenvalue weighted by molar-refractivity contribution is -0.136. The van der Waals surface area contributed by atoms with Crippen molar-refractivity contribution in [3.63, 3.8) is 0 Å². The van der Waals surface area contributed by atoms with E-state index < -0.39 is 40.4 Å². The van der Waals surface area contributed by atoms with Crippen LogP contribution in [0.3, 0.4) is 0 Å². The second-order valence-electron chi connectivity index (χ2n) is 7.33. The number of aliphatic hydroxyl groups excluding tert-OH is 1. The van der Waals surface area contributed by atoms with E-state index in [0.29, 0.717) is 11.3 Å². The fourth-order valence-electron chi connectivity index (χ4n) is 3.25. The van der Waals surface area contributed by atoms with E-state index in [4.69, 9.17) is 9.47 Å². The molecule has 0 aliphatic carbocycles. The smallest absolute Gasteiger partial charge is 0.389 e. The van der Waals surface area contributed by atoms with Crippen LogP contribution in [0.2, 0.25) is 0 Å². The average molecular weight is 425 g/mol. The molecule has 0 radical (unpaired) electrons. The number of hydrogen-bond donors (Lipinski definition) is 1. The van der Waals surface area contributed by atoms with Gasteiger partial charge in [-0.3, -0.25) is 0 Å². The molecule has 0 bridgehead atoms. The summed E-state index contributed by atoms with van der Waals surface area (Å²) in [6.07, 6.45) is -5.49. The van der Waals surface area contributed by atoms with Crippen molar-refractivity contribution in [1.29, 1.82) is 0 Å². The number of benzene rings is 1. The lowest BCUT2D eigenvalue weighted by atomic mass is 9.86. The van der Waals surface area contributed by atoms with Crippen molar-refractivity contribution in [3.05, 3.63) is 23.8 Å². The monoisotopic (exact) mass is 425 g/mol.